The van der Waals surface area contributed by atoms with Gasteiger partial charge in [-0.25, -0.2) is 4.79 Å². The minimum atomic E-state index is -1.55. The highest BCUT2D eigenvalue weighted by atomic mass is 16.7. The third kappa shape index (κ3) is 4.72. The molecule has 12 nitrogen and oxygen atoms in total. The quantitative estimate of drug-likeness (QED) is 0.171. The molecule has 3 saturated carbocycles. The van der Waals surface area contributed by atoms with Crippen LogP contribution in [0.5, 0.6) is 0 Å². The van der Waals surface area contributed by atoms with E-state index in [4.69, 9.17) is 18.6 Å². The maximum atomic E-state index is 13.1. The van der Waals surface area contributed by atoms with Crippen molar-refractivity contribution in [3.8, 4) is 0 Å². The number of hydrogen-bond donors (Lipinski definition) is 5. The molecular formula is C32H42O12. The molecule has 4 fully saturated rings. The molecule has 0 aromatic carbocycles. The van der Waals surface area contributed by atoms with Crippen LogP contribution in [-0.2, 0) is 23.8 Å². The van der Waals surface area contributed by atoms with Crippen molar-refractivity contribution in [2.24, 2.45) is 22.7 Å². The monoisotopic (exact) mass is 618 g/mol. The summed E-state index contributed by atoms with van der Waals surface area (Å²) in [6.45, 7) is 2.78. The van der Waals surface area contributed by atoms with Gasteiger partial charge in [-0.2, -0.15) is 0 Å². The lowest BCUT2D eigenvalue weighted by Gasteiger charge is -2.61. The average molecular weight is 619 g/mol. The number of aliphatic hydroxyl groups is 5. The predicted molar refractivity (Wildman–Crippen MR) is 151 cm³/mol. The lowest BCUT2D eigenvalue weighted by Crippen LogP contribution is -2.61. The highest BCUT2D eigenvalue weighted by molar-refractivity contribution is 5.68. The molecule has 1 aromatic heterocycles. The van der Waals surface area contributed by atoms with E-state index < -0.39 is 83.5 Å². The Morgan fingerprint density at radius 1 is 1.09 bits per heavy atom. The molecule has 12 heteroatoms. The molecule has 13 atom stereocenters. The topological polar surface area (TPSA) is 193 Å². The Balaban J connectivity index is 1.28. The number of ether oxygens (including phenoxy) is 3. The molecule has 5 N–H and O–H groups in total. The van der Waals surface area contributed by atoms with Crippen molar-refractivity contribution < 1.29 is 53.7 Å². The Labute approximate surface area is 254 Å². The fourth-order valence-corrected chi connectivity index (χ4v) is 9.52. The van der Waals surface area contributed by atoms with Crippen LogP contribution in [0.25, 0.3) is 0 Å². The second-order valence-corrected chi connectivity index (χ2v) is 13.6. The van der Waals surface area contributed by atoms with Gasteiger partial charge in [0.15, 0.2) is 6.29 Å². The number of rotatable bonds is 6. The number of carbonyl (C=O) groups excluding carboxylic acids is 2. The lowest BCUT2D eigenvalue weighted by atomic mass is 9.45. The van der Waals surface area contributed by atoms with Crippen LogP contribution in [0.3, 0.4) is 0 Å². The summed E-state index contributed by atoms with van der Waals surface area (Å²) in [7, 11) is 0. The van der Waals surface area contributed by atoms with Crippen LogP contribution < -0.4 is 5.63 Å². The molecule has 2 heterocycles. The molecule has 1 unspecified atom stereocenters. The molecule has 0 amide bonds. The van der Waals surface area contributed by atoms with E-state index in [0.717, 1.165) is 11.9 Å². The van der Waals surface area contributed by atoms with Gasteiger partial charge in [0, 0.05) is 30.7 Å². The molecule has 6 rings (SSSR count). The molecule has 44 heavy (non-hydrogen) atoms. The van der Waals surface area contributed by atoms with Crippen LogP contribution in [-0.4, -0.2) is 92.9 Å². The zero-order valence-corrected chi connectivity index (χ0v) is 24.9. The van der Waals surface area contributed by atoms with Crippen LogP contribution in [0.2, 0.25) is 0 Å². The van der Waals surface area contributed by atoms with E-state index in [2.05, 4.69) is 0 Å². The Hall–Kier alpha value is -2.45. The van der Waals surface area contributed by atoms with Crippen LogP contribution in [0.4, 0.5) is 0 Å². The van der Waals surface area contributed by atoms with Crippen LogP contribution in [0.1, 0.15) is 70.3 Å². The number of carbonyl (C=O) groups is 2. The molecule has 0 bridgehead atoms. The Morgan fingerprint density at radius 3 is 2.52 bits per heavy atom. The molecule has 242 valence electrons. The van der Waals surface area contributed by atoms with Crippen molar-refractivity contribution >= 4 is 12.3 Å². The zero-order valence-electron chi connectivity index (χ0n) is 24.9. The van der Waals surface area contributed by atoms with Crippen molar-refractivity contribution in [3.05, 3.63) is 46.0 Å². The first-order valence-corrected chi connectivity index (χ1v) is 15.5. The maximum absolute atomic E-state index is 13.1. The fraction of sp³-hybridized carbons (Fsp3) is 0.719. The summed E-state index contributed by atoms with van der Waals surface area (Å²) in [6.07, 6.45) is -0.449. The largest absolute Gasteiger partial charge is 0.462 e. The van der Waals surface area contributed by atoms with Crippen LogP contribution in [0.15, 0.2) is 39.3 Å². The van der Waals surface area contributed by atoms with E-state index in [1.807, 2.05) is 13.0 Å². The minimum absolute atomic E-state index is 0.170. The number of aliphatic hydroxyl groups excluding tert-OH is 4. The van der Waals surface area contributed by atoms with E-state index in [1.54, 1.807) is 6.07 Å². The average Bonchev–Trinajstić information content (AvgIpc) is 3.23. The van der Waals surface area contributed by atoms with E-state index >= 15 is 0 Å². The zero-order chi connectivity index (χ0) is 31.6. The standard InChI is InChI=1S/C32H42O12/c1-16(35)42-22-12-32(40)21-5-4-18-11-19(43-29-28(39)27(38)26(37)23(13-33)44-29)7-10-31(18,15-34)20(21)8-9-30(32,2)25(22)17-3-6-24(36)41-14-17/h3,6,11,14-15,19-23,25-29,33,37-40H,4-5,7-10,12-13H2,1-2H3/t19-,20-,21+,22+,23+,25?,26+,27-,28+,29+,30+,31+,32-/m0/s1. The van der Waals surface area contributed by atoms with Gasteiger partial charge >= 0.3 is 11.6 Å². The minimum Gasteiger partial charge on any atom is -0.462 e. The first-order valence-electron chi connectivity index (χ1n) is 15.5. The highest BCUT2D eigenvalue weighted by Crippen LogP contribution is 2.70. The summed E-state index contributed by atoms with van der Waals surface area (Å²) in [4.78, 5) is 36.9. The van der Waals surface area contributed by atoms with E-state index in [1.165, 1.54) is 19.3 Å². The molecule has 1 aliphatic heterocycles. The number of hydrogen-bond acceptors (Lipinski definition) is 12. The van der Waals surface area contributed by atoms with Gasteiger partial charge in [0.05, 0.1) is 30.0 Å². The summed E-state index contributed by atoms with van der Waals surface area (Å²) in [6, 6.07) is 3.00. The second-order valence-electron chi connectivity index (χ2n) is 13.6. The van der Waals surface area contributed by atoms with E-state index in [0.29, 0.717) is 44.1 Å². The van der Waals surface area contributed by atoms with Gasteiger partial charge in [-0.05, 0) is 62.0 Å². The summed E-state index contributed by atoms with van der Waals surface area (Å²) in [5.41, 5.74) is -1.72. The van der Waals surface area contributed by atoms with Gasteiger partial charge < -0.3 is 49.0 Å². The van der Waals surface area contributed by atoms with Gasteiger partial charge in [0.2, 0.25) is 0 Å². The van der Waals surface area contributed by atoms with Gasteiger partial charge in [0.1, 0.15) is 36.8 Å². The first kappa shape index (κ1) is 31.5. The van der Waals surface area contributed by atoms with Crippen LogP contribution in [0, 0.1) is 22.7 Å². The van der Waals surface area contributed by atoms with Gasteiger partial charge in [0.25, 0.3) is 0 Å². The first-order chi connectivity index (χ1) is 20.9. The van der Waals surface area contributed by atoms with E-state index in [9.17, 15) is 39.9 Å². The molecule has 4 aliphatic carbocycles. The second kappa shape index (κ2) is 11.4. The van der Waals surface area contributed by atoms with Crippen molar-refractivity contribution in [1.82, 2.24) is 0 Å². The molecule has 5 aliphatic rings. The molecule has 0 radical (unpaired) electrons. The van der Waals surface area contributed by atoms with Crippen molar-refractivity contribution in [2.45, 2.75) is 113 Å². The number of esters is 1. The normalized spacial score (nSPS) is 46.7. The third-order valence-electron chi connectivity index (χ3n) is 11.6. The van der Waals surface area contributed by atoms with Gasteiger partial charge in [-0.15, -0.1) is 0 Å². The SMILES string of the molecule is CC(=O)O[C@@H]1C[C@]2(O)[C@@H]3CCC4=C[C@@H](O[C@@H]5O[C@H](CO)[C@@H](O)[C@H](O)[C@H]5O)CC[C@]4(C=O)[C@H]3CC[C@]2(C)C1c1ccc(=O)oc1. The van der Waals surface area contributed by atoms with Crippen molar-refractivity contribution in [1.29, 1.82) is 0 Å². The number of allylic oxidation sites excluding steroid dienone is 1. The summed E-state index contributed by atoms with van der Waals surface area (Å²) < 4.78 is 22.5. The van der Waals surface area contributed by atoms with Gasteiger partial charge in [-0.3, -0.25) is 4.79 Å². The Kier molecular flexibility index (Phi) is 8.18. The molecule has 0 spiro atoms. The molecular weight excluding hydrogens is 576 g/mol. The maximum Gasteiger partial charge on any atom is 0.335 e. The third-order valence-corrected chi connectivity index (χ3v) is 11.6. The van der Waals surface area contributed by atoms with Gasteiger partial charge in [-0.1, -0.05) is 18.6 Å². The highest BCUT2D eigenvalue weighted by Gasteiger charge is 2.70. The number of aldehydes is 1. The smallest absolute Gasteiger partial charge is 0.335 e. The summed E-state index contributed by atoms with van der Waals surface area (Å²) in [5, 5.41) is 53.0. The fourth-order valence-electron chi connectivity index (χ4n) is 9.52. The predicted octanol–water partition coefficient (Wildman–Crippen LogP) is 0.707. The molecule has 1 saturated heterocycles. The Morgan fingerprint density at radius 2 is 1.86 bits per heavy atom. The Bertz CT molecular complexity index is 1340. The van der Waals surface area contributed by atoms with Crippen molar-refractivity contribution in [2.75, 3.05) is 6.61 Å². The summed E-state index contributed by atoms with van der Waals surface area (Å²) >= 11 is 0. The summed E-state index contributed by atoms with van der Waals surface area (Å²) in [5.74, 6) is -1.30. The van der Waals surface area contributed by atoms with Crippen molar-refractivity contribution in [3.63, 3.8) is 0 Å². The van der Waals surface area contributed by atoms with Crippen LogP contribution >= 0.6 is 0 Å². The molecule has 1 aromatic rings. The number of fused-ring (bicyclic) bond motifs is 5. The van der Waals surface area contributed by atoms with E-state index in [-0.39, 0.29) is 18.3 Å². The lowest BCUT2D eigenvalue weighted by molar-refractivity contribution is -0.308.